The molecule has 5 heteroatoms. The van der Waals surface area contributed by atoms with E-state index in [0.717, 1.165) is 4.47 Å². The van der Waals surface area contributed by atoms with Crippen molar-refractivity contribution in [1.29, 1.82) is 0 Å². The Labute approximate surface area is 107 Å². The van der Waals surface area contributed by atoms with Gasteiger partial charge in [-0.3, -0.25) is 0 Å². The molecule has 1 unspecified atom stereocenters. The van der Waals surface area contributed by atoms with Crippen molar-refractivity contribution in [3.63, 3.8) is 0 Å². The minimum Gasteiger partial charge on any atom is -0.492 e. The summed E-state index contributed by atoms with van der Waals surface area (Å²) in [5, 5.41) is 18.2. The van der Waals surface area contributed by atoms with Crippen molar-refractivity contribution in [2.24, 2.45) is 5.92 Å². The van der Waals surface area contributed by atoms with Crippen LogP contribution in [0.15, 0.2) is 22.7 Å². The number of carboxylic acids is 1. The lowest BCUT2D eigenvalue weighted by Crippen LogP contribution is -2.10. The molecule has 2 N–H and O–H groups in total. The van der Waals surface area contributed by atoms with E-state index in [2.05, 4.69) is 15.9 Å². The van der Waals surface area contributed by atoms with Gasteiger partial charge in [0.2, 0.25) is 0 Å². The van der Waals surface area contributed by atoms with Crippen LogP contribution in [0.1, 0.15) is 24.5 Å². The van der Waals surface area contributed by atoms with Crippen LogP contribution in [0, 0.1) is 5.92 Å². The first-order chi connectivity index (χ1) is 8.08. The number of rotatable bonds is 5. The monoisotopic (exact) mass is 300 g/mol. The van der Waals surface area contributed by atoms with Crippen LogP contribution in [0.2, 0.25) is 0 Å². The molecule has 1 saturated carbocycles. The molecule has 0 aromatic heterocycles. The van der Waals surface area contributed by atoms with Crippen molar-refractivity contribution in [3.8, 4) is 5.75 Å². The molecule has 1 aliphatic rings. The van der Waals surface area contributed by atoms with E-state index in [-0.39, 0.29) is 0 Å². The number of aliphatic carboxylic acids is 1. The lowest BCUT2D eigenvalue weighted by molar-refractivity contribution is -0.146. The summed E-state index contributed by atoms with van der Waals surface area (Å²) in [4.78, 5) is 10.7. The minimum absolute atomic E-state index is 0.325. The molecule has 1 aromatic carbocycles. The van der Waals surface area contributed by atoms with Crippen molar-refractivity contribution >= 4 is 21.9 Å². The molecule has 1 atom stereocenters. The highest BCUT2D eigenvalue weighted by atomic mass is 79.9. The van der Waals surface area contributed by atoms with Gasteiger partial charge in [-0.2, -0.15) is 0 Å². The molecule has 92 valence electrons. The molecule has 0 spiro atoms. The maximum atomic E-state index is 10.7. The number of carbonyl (C=O) groups is 1. The molecule has 0 aliphatic heterocycles. The summed E-state index contributed by atoms with van der Waals surface area (Å²) in [7, 11) is 0. The van der Waals surface area contributed by atoms with Gasteiger partial charge in [-0.05, 0) is 52.4 Å². The number of halogens is 1. The Morgan fingerprint density at radius 3 is 2.82 bits per heavy atom. The number of ether oxygens (including phenoxy) is 1. The SMILES string of the molecule is O=C(O)C(O)c1ccc(Br)c(OCC2CC2)c1. The van der Waals surface area contributed by atoms with E-state index in [1.54, 1.807) is 18.2 Å². The van der Waals surface area contributed by atoms with E-state index >= 15 is 0 Å². The largest absolute Gasteiger partial charge is 0.492 e. The molecule has 1 aromatic rings. The standard InChI is InChI=1S/C12H13BrO4/c13-9-4-3-8(11(14)12(15)16)5-10(9)17-6-7-1-2-7/h3-5,7,11,14H,1-2,6H2,(H,15,16). The number of aliphatic hydroxyl groups excluding tert-OH is 1. The molecular weight excluding hydrogens is 288 g/mol. The fraction of sp³-hybridized carbons (Fsp3) is 0.417. The third kappa shape index (κ3) is 3.20. The maximum absolute atomic E-state index is 10.7. The molecular formula is C12H13BrO4. The minimum atomic E-state index is -1.51. The average Bonchev–Trinajstić information content (AvgIpc) is 3.11. The highest BCUT2D eigenvalue weighted by molar-refractivity contribution is 9.10. The van der Waals surface area contributed by atoms with Crippen LogP contribution in [-0.4, -0.2) is 22.8 Å². The predicted octanol–water partition coefficient (Wildman–Crippen LogP) is 2.36. The molecule has 0 amide bonds. The van der Waals surface area contributed by atoms with Crippen LogP contribution in [0.4, 0.5) is 0 Å². The van der Waals surface area contributed by atoms with Crippen LogP contribution in [0.25, 0.3) is 0 Å². The fourth-order valence-electron chi connectivity index (χ4n) is 1.44. The first kappa shape index (κ1) is 12.4. The van der Waals surface area contributed by atoms with Gasteiger partial charge >= 0.3 is 5.97 Å². The highest BCUT2D eigenvalue weighted by Crippen LogP contribution is 2.33. The average molecular weight is 301 g/mol. The predicted molar refractivity (Wildman–Crippen MR) is 65.0 cm³/mol. The van der Waals surface area contributed by atoms with Crippen molar-refractivity contribution in [1.82, 2.24) is 0 Å². The van der Waals surface area contributed by atoms with Gasteiger partial charge in [-0.15, -0.1) is 0 Å². The Morgan fingerprint density at radius 2 is 2.24 bits per heavy atom. The van der Waals surface area contributed by atoms with Gasteiger partial charge in [-0.1, -0.05) is 6.07 Å². The Hall–Kier alpha value is -1.07. The van der Waals surface area contributed by atoms with Crippen molar-refractivity contribution in [2.45, 2.75) is 18.9 Å². The van der Waals surface area contributed by atoms with Crippen molar-refractivity contribution in [3.05, 3.63) is 28.2 Å². The first-order valence-electron chi connectivity index (χ1n) is 5.41. The third-order valence-corrected chi connectivity index (χ3v) is 3.33. The van der Waals surface area contributed by atoms with Gasteiger partial charge in [0.05, 0.1) is 11.1 Å². The normalized spacial score (nSPS) is 16.6. The summed E-state index contributed by atoms with van der Waals surface area (Å²) in [5.41, 5.74) is 0.325. The molecule has 0 bridgehead atoms. The quantitative estimate of drug-likeness (QED) is 0.876. The summed E-state index contributed by atoms with van der Waals surface area (Å²) < 4.78 is 6.34. The Balaban J connectivity index is 2.12. The summed E-state index contributed by atoms with van der Waals surface area (Å²) in [6.07, 6.45) is 0.871. The molecule has 1 aliphatic carbocycles. The van der Waals surface area contributed by atoms with Crippen LogP contribution in [0.3, 0.4) is 0 Å². The van der Waals surface area contributed by atoms with Crippen LogP contribution < -0.4 is 4.74 Å². The summed E-state index contributed by atoms with van der Waals surface area (Å²) >= 11 is 3.33. The smallest absolute Gasteiger partial charge is 0.337 e. The molecule has 17 heavy (non-hydrogen) atoms. The fourth-order valence-corrected chi connectivity index (χ4v) is 1.80. The molecule has 1 fully saturated rings. The Morgan fingerprint density at radius 1 is 1.53 bits per heavy atom. The van der Waals surface area contributed by atoms with Gasteiger partial charge in [0.25, 0.3) is 0 Å². The number of hydrogen-bond donors (Lipinski definition) is 2. The zero-order valence-electron chi connectivity index (χ0n) is 9.10. The van der Waals surface area contributed by atoms with Crippen molar-refractivity contribution in [2.75, 3.05) is 6.61 Å². The summed E-state index contributed by atoms with van der Waals surface area (Å²) in [6.45, 7) is 0.644. The number of aliphatic hydroxyl groups is 1. The summed E-state index contributed by atoms with van der Waals surface area (Å²) in [6, 6.07) is 4.81. The number of benzene rings is 1. The lowest BCUT2D eigenvalue weighted by atomic mass is 10.1. The second kappa shape index (κ2) is 5.06. The summed E-state index contributed by atoms with van der Waals surface area (Å²) in [5.74, 6) is -0.0647. The first-order valence-corrected chi connectivity index (χ1v) is 6.20. The number of carboxylic acid groups (broad SMARTS) is 1. The molecule has 0 heterocycles. The van der Waals surface area contributed by atoms with Gasteiger partial charge in [-0.25, -0.2) is 4.79 Å². The Bertz CT molecular complexity index is 429. The second-order valence-corrected chi connectivity index (χ2v) is 5.04. The molecule has 4 nitrogen and oxygen atoms in total. The van der Waals surface area contributed by atoms with E-state index in [1.807, 2.05) is 0 Å². The van der Waals surface area contributed by atoms with Crippen LogP contribution >= 0.6 is 15.9 Å². The van der Waals surface area contributed by atoms with Gasteiger partial charge in [0, 0.05) is 0 Å². The topological polar surface area (TPSA) is 66.8 Å². The van der Waals surface area contributed by atoms with E-state index in [4.69, 9.17) is 9.84 Å². The number of hydrogen-bond acceptors (Lipinski definition) is 3. The van der Waals surface area contributed by atoms with Crippen molar-refractivity contribution < 1.29 is 19.7 Å². The van der Waals surface area contributed by atoms with Crippen LogP contribution in [-0.2, 0) is 4.79 Å². The zero-order chi connectivity index (χ0) is 12.4. The molecule has 2 rings (SSSR count). The van der Waals surface area contributed by atoms with E-state index in [9.17, 15) is 9.90 Å². The third-order valence-electron chi connectivity index (χ3n) is 2.68. The van der Waals surface area contributed by atoms with Gasteiger partial charge in [0.15, 0.2) is 6.10 Å². The Kier molecular flexibility index (Phi) is 3.69. The van der Waals surface area contributed by atoms with E-state index in [1.165, 1.54) is 12.8 Å². The molecule has 0 saturated heterocycles. The molecule has 0 radical (unpaired) electrons. The highest BCUT2D eigenvalue weighted by Gasteiger charge is 2.23. The van der Waals surface area contributed by atoms with Gasteiger partial charge < -0.3 is 14.9 Å². The second-order valence-electron chi connectivity index (χ2n) is 4.19. The van der Waals surface area contributed by atoms with E-state index in [0.29, 0.717) is 23.8 Å². The maximum Gasteiger partial charge on any atom is 0.337 e. The zero-order valence-corrected chi connectivity index (χ0v) is 10.7. The van der Waals surface area contributed by atoms with Crippen LogP contribution in [0.5, 0.6) is 5.75 Å². The van der Waals surface area contributed by atoms with E-state index < -0.39 is 12.1 Å². The van der Waals surface area contributed by atoms with Gasteiger partial charge in [0.1, 0.15) is 5.75 Å². The lowest BCUT2D eigenvalue weighted by Gasteiger charge is -2.11.